The standard InChI is InChI=1S/C7H13N.C2H3N/c1-6-4-5-7(2,3)8-6;1-2-3/h8H,1,4-5H2,2-3H3;1H3. The Hall–Kier alpha value is -0.970. The number of rotatable bonds is 0. The van der Waals surface area contributed by atoms with E-state index in [2.05, 4.69) is 25.7 Å². The SMILES string of the molecule is C=C1CCC(C)(C)N1.CC#N. The number of nitrogens with zero attached hydrogens (tertiary/aromatic N) is 1. The molecule has 0 atom stereocenters. The lowest BCUT2D eigenvalue weighted by molar-refractivity contribution is 0.470. The third kappa shape index (κ3) is 4.44. The van der Waals surface area contributed by atoms with E-state index in [4.69, 9.17) is 5.26 Å². The predicted octanol–water partition coefficient (Wildman–Crippen LogP) is 2.19. The maximum absolute atomic E-state index is 7.32. The van der Waals surface area contributed by atoms with Crippen molar-refractivity contribution in [2.45, 2.75) is 39.2 Å². The summed E-state index contributed by atoms with van der Waals surface area (Å²) in [6.07, 6.45) is 2.37. The molecule has 0 aromatic heterocycles. The fourth-order valence-corrected chi connectivity index (χ4v) is 1.07. The minimum atomic E-state index is 0.317. The summed E-state index contributed by atoms with van der Waals surface area (Å²) in [5.41, 5.74) is 1.51. The first kappa shape index (κ1) is 10.0. The molecule has 1 saturated heterocycles. The molecular weight excluding hydrogens is 136 g/mol. The molecule has 0 radical (unpaired) electrons. The molecule has 0 saturated carbocycles. The van der Waals surface area contributed by atoms with Crippen LogP contribution < -0.4 is 5.32 Å². The van der Waals surface area contributed by atoms with Crippen molar-refractivity contribution >= 4 is 0 Å². The second kappa shape index (κ2) is 4.02. The van der Waals surface area contributed by atoms with E-state index in [0.29, 0.717) is 5.54 Å². The van der Waals surface area contributed by atoms with Crippen molar-refractivity contribution in [3.63, 3.8) is 0 Å². The van der Waals surface area contributed by atoms with Gasteiger partial charge in [-0.25, -0.2) is 0 Å². The largest absolute Gasteiger partial charge is 0.384 e. The van der Waals surface area contributed by atoms with Gasteiger partial charge in [-0.05, 0) is 26.7 Å². The summed E-state index contributed by atoms with van der Waals surface area (Å²) < 4.78 is 0. The molecule has 2 nitrogen and oxygen atoms in total. The maximum atomic E-state index is 7.32. The molecule has 0 spiro atoms. The van der Waals surface area contributed by atoms with Gasteiger partial charge in [0.05, 0.1) is 6.07 Å². The number of nitrogens with one attached hydrogen (secondary N) is 1. The molecule has 1 fully saturated rings. The first-order chi connectivity index (χ1) is 5.02. The minimum Gasteiger partial charge on any atom is -0.384 e. The van der Waals surface area contributed by atoms with Crippen molar-refractivity contribution in [3.05, 3.63) is 12.3 Å². The van der Waals surface area contributed by atoms with Gasteiger partial charge in [-0.1, -0.05) is 6.58 Å². The van der Waals surface area contributed by atoms with E-state index in [1.165, 1.54) is 19.0 Å². The summed E-state index contributed by atoms with van der Waals surface area (Å²) >= 11 is 0. The van der Waals surface area contributed by atoms with Crippen LogP contribution in [0.2, 0.25) is 0 Å². The van der Waals surface area contributed by atoms with E-state index in [1.54, 1.807) is 6.07 Å². The van der Waals surface area contributed by atoms with Crippen molar-refractivity contribution in [1.29, 1.82) is 5.26 Å². The zero-order chi connectivity index (χ0) is 8.91. The van der Waals surface area contributed by atoms with Crippen molar-refractivity contribution in [2.24, 2.45) is 0 Å². The Balaban J connectivity index is 0.000000292. The molecule has 1 N–H and O–H groups in total. The first-order valence-electron chi connectivity index (χ1n) is 3.78. The normalized spacial score (nSPS) is 19.3. The van der Waals surface area contributed by atoms with Crippen LogP contribution >= 0.6 is 0 Å². The van der Waals surface area contributed by atoms with E-state index in [0.717, 1.165) is 6.42 Å². The Morgan fingerprint density at radius 3 is 2.18 bits per heavy atom. The van der Waals surface area contributed by atoms with E-state index >= 15 is 0 Å². The molecule has 0 unspecified atom stereocenters. The van der Waals surface area contributed by atoms with Gasteiger partial charge in [0.25, 0.3) is 0 Å². The van der Waals surface area contributed by atoms with Crippen molar-refractivity contribution < 1.29 is 0 Å². The maximum Gasteiger partial charge on any atom is 0.0587 e. The van der Waals surface area contributed by atoms with Crippen molar-refractivity contribution in [1.82, 2.24) is 5.32 Å². The van der Waals surface area contributed by atoms with Crippen LogP contribution in [0.4, 0.5) is 0 Å². The van der Waals surface area contributed by atoms with Gasteiger partial charge in [-0.15, -0.1) is 0 Å². The van der Waals surface area contributed by atoms with Gasteiger partial charge in [-0.3, -0.25) is 0 Å². The van der Waals surface area contributed by atoms with Crippen LogP contribution in [-0.2, 0) is 0 Å². The summed E-state index contributed by atoms with van der Waals surface area (Å²) in [5, 5.41) is 10.6. The lowest BCUT2D eigenvalue weighted by Crippen LogP contribution is -2.30. The minimum absolute atomic E-state index is 0.317. The lowest BCUT2D eigenvalue weighted by atomic mass is 10.0. The zero-order valence-electron chi connectivity index (χ0n) is 7.57. The third-order valence-electron chi connectivity index (χ3n) is 1.57. The first-order valence-corrected chi connectivity index (χ1v) is 3.78. The summed E-state index contributed by atoms with van der Waals surface area (Å²) in [5.74, 6) is 0. The molecule has 0 amide bonds. The second-order valence-electron chi connectivity index (χ2n) is 3.34. The monoisotopic (exact) mass is 152 g/mol. The molecule has 62 valence electrons. The molecule has 1 aliphatic heterocycles. The van der Waals surface area contributed by atoms with Gasteiger partial charge < -0.3 is 5.32 Å². The highest BCUT2D eigenvalue weighted by Crippen LogP contribution is 2.22. The van der Waals surface area contributed by atoms with Crippen LogP contribution in [0.1, 0.15) is 33.6 Å². The number of hydrogen-bond donors (Lipinski definition) is 1. The third-order valence-corrected chi connectivity index (χ3v) is 1.57. The molecular formula is C9H16N2. The highest BCUT2D eigenvalue weighted by molar-refractivity contribution is 5.05. The Morgan fingerprint density at radius 2 is 2.09 bits per heavy atom. The van der Waals surface area contributed by atoms with Gasteiger partial charge >= 0.3 is 0 Å². The van der Waals surface area contributed by atoms with Crippen LogP contribution in [0, 0.1) is 11.3 Å². The number of hydrogen-bond acceptors (Lipinski definition) is 2. The molecule has 1 rings (SSSR count). The average Bonchev–Trinajstić information content (AvgIpc) is 2.11. The molecule has 1 aliphatic rings. The highest BCUT2D eigenvalue weighted by Gasteiger charge is 2.23. The Kier molecular flexibility index (Phi) is 3.67. The average molecular weight is 152 g/mol. The lowest BCUT2D eigenvalue weighted by Gasteiger charge is -2.17. The number of nitriles is 1. The number of allylic oxidation sites excluding steroid dienone is 1. The smallest absolute Gasteiger partial charge is 0.0587 e. The van der Waals surface area contributed by atoms with E-state index in [1.807, 2.05) is 0 Å². The molecule has 1 heterocycles. The van der Waals surface area contributed by atoms with Crippen LogP contribution in [0.15, 0.2) is 12.3 Å². The van der Waals surface area contributed by atoms with E-state index < -0.39 is 0 Å². The topological polar surface area (TPSA) is 35.8 Å². The van der Waals surface area contributed by atoms with E-state index in [-0.39, 0.29) is 0 Å². The second-order valence-corrected chi connectivity index (χ2v) is 3.34. The van der Waals surface area contributed by atoms with Gasteiger partial charge in [0.15, 0.2) is 0 Å². The van der Waals surface area contributed by atoms with Gasteiger partial charge in [0.2, 0.25) is 0 Å². The molecule has 2 heteroatoms. The molecule has 0 bridgehead atoms. The quantitative estimate of drug-likeness (QED) is 0.577. The van der Waals surface area contributed by atoms with Gasteiger partial charge in [0.1, 0.15) is 0 Å². The summed E-state index contributed by atoms with van der Waals surface area (Å²) in [7, 11) is 0. The van der Waals surface area contributed by atoms with Gasteiger partial charge in [-0.2, -0.15) is 5.26 Å². The highest BCUT2D eigenvalue weighted by atomic mass is 15.0. The zero-order valence-corrected chi connectivity index (χ0v) is 7.57. The Bertz CT molecular complexity index is 174. The van der Waals surface area contributed by atoms with Crippen LogP contribution in [-0.4, -0.2) is 5.54 Å². The molecule has 0 aliphatic carbocycles. The Labute approximate surface area is 68.9 Å². The molecule has 0 aromatic carbocycles. The Morgan fingerprint density at radius 1 is 1.64 bits per heavy atom. The van der Waals surface area contributed by atoms with Gasteiger partial charge in [0, 0.05) is 18.2 Å². The van der Waals surface area contributed by atoms with Crippen LogP contribution in [0.25, 0.3) is 0 Å². The van der Waals surface area contributed by atoms with Crippen molar-refractivity contribution in [2.75, 3.05) is 0 Å². The summed E-state index contributed by atoms with van der Waals surface area (Å²) in [6, 6.07) is 1.75. The van der Waals surface area contributed by atoms with E-state index in [9.17, 15) is 0 Å². The fourth-order valence-electron chi connectivity index (χ4n) is 1.07. The van der Waals surface area contributed by atoms with Crippen molar-refractivity contribution in [3.8, 4) is 6.07 Å². The summed E-state index contributed by atoms with van der Waals surface area (Å²) in [6.45, 7) is 9.67. The van der Waals surface area contributed by atoms with Crippen LogP contribution in [0.3, 0.4) is 0 Å². The molecule has 11 heavy (non-hydrogen) atoms. The summed E-state index contributed by atoms with van der Waals surface area (Å²) in [4.78, 5) is 0. The van der Waals surface area contributed by atoms with Crippen LogP contribution in [0.5, 0.6) is 0 Å². The fraction of sp³-hybridized carbons (Fsp3) is 0.667. The predicted molar refractivity (Wildman–Crippen MR) is 46.9 cm³/mol. The molecule has 0 aromatic rings.